The third-order valence-corrected chi connectivity index (χ3v) is 13.3. The van der Waals surface area contributed by atoms with E-state index in [0.717, 1.165) is 50.0 Å². The van der Waals surface area contributed by atoms with E-state index >= 15 is 0 Å². The average molecular weight is 888 g/mol. The molecular formula is C45H38GeIrN2O-2. The fourth-order valence-corrected chi connectivity index (χ4v) is 9.88. The van der Waals surface area contributed by atoms with Crippen LogP contribution in [0.2, 0.25) is 17.3 Å². The third-order valence-electron chi connectivity index (χ3n) is 8.83. The fraction of sp³-hybridized carbons (Fsp3) is 0.111. The number of hydrogen-bond acceptors (Lipinski definition) is 3. The Morgan fingerprint density at radius 1 is 0.620 bits per heavy atom. The van der Waals surface area contributed by atoms with Crippen molar-refractivity contribution in [3.8, 4) is 44.8 Å². The van der Waals surface area contributed by atoms with Crippen molar-refractivity contribution in [2.45, 2.75) is 31.1 Å². The summed E-state index contributed by atoms with van der Waals surface area (Å²) >= 11 is -1.83. The number of hydrogen-bond donors (Lipinski definition) is 0. The molecule has 0 amide bonds. The van der Waals surface area contributed by atoms with Gasteiger partial charge < -0.3 is 9.40 Å². The molecule has 0 aliphatic heterocycles. The largest absolute Gasteiger partial charge is 0.501 e. The van der Waals surface area contributed by atoms with Crippen LogP contribution in [-0.4, -0.2) is 23.2 Å². The molecule has 50 heavy (non-hydrogen) atoms. The number of nitrogens with zero attached hydrogens (tertiary/aromatic N) is 2. The smallest absolute Gasteiger partial charge is 0.121 e. The number of aromatic nitrogens is 2. The first-order valence-corrected chi connectivity index (χ1v) is 24.0. The molecule has 0 aliphatic rings. The molecule has 0 aliphatic carbocycles. The van der Waals surface area contributed by atoms with Gasteiger partial charge in [0.1, 0.15) is 5.58 Å². The van der Waals surface area contributed by atoms with Gasteiger partial charge in [0.2, 0.25) is 0 Å². The van der Waals surface area contributed by atoms with Gasteiger partial charge in [-0.3, -0.25) is 0 Å². The summed E-state index contributed by atoms with van der Waals surface area (Å²) in [6.45, 7) is 4.27. The second kappa shape index (κ2) is 15.1. The standard InChI is InChI=1S/C24H16NO.C21H22GeN.Ir/c1-16-12-13-25-22(14-16)21-9-5-8-20-19-11-10-18(15-23(19)26-24(20)21)17-6-3-2-4-7-17;1-16-14-21(23-15-20(16)22(2,3)4)19-12-10-18(11-13-19)17-8-6-5-7-9-17;/h2-8,10-15H,1H3;5-12,14-15H,1-4H3;/q2*-1;. The van der Waals surface area contributed by atoms with Gasteiger partial charge in [0.15, 0.2) is 0 Å². The van der Waals surface area contributed by atoms with Crippen molar-refractivity contribution in [1.29, 1.82) is 0 Å². The first-order valence-electron chi connectivity index (χ1n) is 16.6. The number of rotatable bonds is 5. The van der Waals surface area contributed by atoms with Crippen molar-refractivity contribution in [1.82, 2.24) is 9.97 Å². The molecular weight excluding hydrogens is 849 g/mol. The first-order chi connectivity index (χ1) is 23.7. The van der Waals surface area contributed by atoms with Crippen LogP contribution in [0.25, 0.3) is 66.7 Å². The molecule has 0 atom stereocenters. The zero-order chi connectivity index (χ0) is 34.0. The summed E-state index contributed by atoms with van der Waals surface area (Å²) in [6.07, 6.45) is 3.91. The molecule has 3 heterocycles. The molecule has 0 bridgehead atoms. The molecule has 0 saturated carbocycles. The Kier molecular flexibility index (Phi) is 10.6. The summed E-state index contributed by atoms with van der Waals surface area (Å²) in [7, 11) is 0. The molecule has 5 heteroatoms. The zero-order valence-electron chi connectivity index (χ0n) is 28.9. The number of aryl methyl sites for hydroxylation is 2. The Bertz CT molecular complexity index is 2380. The van der Waals surface area contributed by atoms with Gasteiger partial charge in [-0.1, -0.05) is 65.0 Å². The number of fused-ring (bicyclic) bond motifs is 3. The van der Waals surface area contributed by atoms with E-state index in [1.165, 1.54) is 32.2 Å². The van der Waals surface area contributed by atoms with Gasteiger partial charge in [0.25, 0.3) is 0 Å². The van der Waals surface area contributed by atoms with Crippen LogP contribution in [-0.2, 0) is 20.1 Å². The minimum absolute atomic E-state index is 0. The second-order valence-corrected chi connectivity index (χ2v) is 24.1. The molecule has 8 rings (SSSR count). The van der Waals surface area contributed by atoms with Crippen molar-refractivity contribution in [3.05, 3.63) is 163 Å². The zero-order valence-corrected chi connectivity index (χ0v) is 33.4. The minimum Gasteiger partial charge on any atom is -0.501 e. The van der Waals surface area contributed by atoms with Gasteiger partial charge in [0, 0.05) is 31.7 Å². The maximum atomic E-state index is 6.27. The van der Waals surface area contributed by atoms with Gasteiger partial charge in [-0.15, -0.1) is 18.2 Å². The van der Waals surface area contributed by atoms with Crippen molar-refractivity contribution >= 4 is 39.6 Å². The molecule has 5 aromatic carbocycles. The monoisotopic (exact) mass is 889 g/mol. The van der Waals surface area contributed by atoms with Crippen LogP contribution >= 0.6 is 0 Å². The van der Waals surface area contributed by atoms with Crippen LogP contribution in [0.5, 0.6) is 0 Å². The van der Waals surface area contributed by atoms with E-state index in [4.69, 9.17) is 9.40 Å². The quantitative estimate of drug-likeness (QED) is 0.128. The van der Waals surface area contributed by atoms with E-state index in [2.05, 4.69) is 158 Å². The molecule has 249 valence electrons. The SMILES string of the molecule is Cc1cc(-c2[c-]cc(-c3ccccc3)cc2)nc[c]1[Ge]([CH3])([CH3])[CH3].Cc1ccnc(-c2[c-]ccc3c2oc2cc(-c4ccccc4)ccc23)c1.[Ir]. The number of benzene rings is 5. The molecule has 3 nitrogen and oxygen atoms in total. The molecule has 1 radical (unpaired) electrons. The van der Waals surface area contributed by atoms with E-state index in [1.807, 2.05) is 30.5 Å². The number of pyridine rings is 2. The van der Waals surface area contributed by atoms with Crippen molar-refractivity contribution < 1.29 is 24.5 Å². The molecule has 0 saturated heterocycles. The molecule has 0 N–H and O–H groups in total. The van der Waals surface area contributed by atoms with Gasteiger partial charge >= 0.3 is 142 Å². The maximum absolute atomic E-state index is 6.27. The van der Waals surface area contributed by atoms with Crippen LogP contribution in [0.3, 0.4) is 0 Å². The van der Waals surface area contributed by atoms with Crippen LogP contribution in [0.1, 0.15) is 11.1 Å². The van der Waals surface area contributed by atoms with Crippen LogP contribution in [0, 0.1) is 26.0 Å². The summed E-state index contributed by atoms with van der Waals surface area (Å²) in [5.74, 6) is 7.22. The predicted octanol–water partition coefficient (Wildman–Crippen LogP) is 11.5. The molecule has 3 aromatic heterocycles. The van der Waals surface area contributed by atoms with Gasteiger partial charge in [-0.2, -0.15) is 0 Å². The van der Waals surface area contributed by atoms with Crippen LogP contribution < -0.4 is 4.40 Å². The fourth-order valence-electron chi connectivity index (χ4n) is 6.30. The van der Waals surface area contributed by atoms with Gasteiger partial charge in [-0.05, 0) is 35.9 Å². The summed E-state index contributed by atoms with van der Waals surface area (Å²) in [5.41, 5.74) is 12.9. The summed E-state index contributed by atoms with van der Waals surface area (Å²) < 4.78 is 7.75. The Morgan fingerprint density at radius 3 is 1.96 bits per heavy atom. The first kappa shape index (κ1) is 35.2. The van der Waals surface area contributed by atoms with Crippen molar-refractivity contribution in [3.63, 3.8) is 0 Å². The number of furan rings is 1. The maximum Gasteiger partial charge on any atom is 0.121 e. The average Bonchev–Trinajstić information content (AvgIpc) is 3.50. The second-order valence-electron chi connectivity index (χ2n) is 13.5. The summed E-state index contributed by atoms with van der Waals surface area (Å²) in [5, 5.41) is 2.21. The van der Waals surface area contributed by atoms with E-state index in [1.54, 1.807) is 0 Å². The molecule has 0 fully saturated rings. The Morgan fingerprint density at radius 2 is 1.32 bits per heavy atom. The molecule has 0 spiro atoms. The molecule has 0 unspecified atom stereocenters. The van der Waals surface area contributed by atoms with E-state index < -0.39 is 13.3 Å². The van der Waals surface area contributed by atoms with Gasteiger partial charge in [0.05, 0.1) is 5.58 Å². The summed E-state index contributed by atoms with van der Waals surface area (Å²) in [6, 6.07) is 50.4. The topological polar surface area (TPSA) is 38.9 Å². The summed E-state index contributed by atoms with van der Waals surface area (Å²) in [4.78, 5) is 9.20. The van der Waals surface area contributed by atoms with E-state index in [9.17, 15) is 0 Å². The van der Waals surface area contributed by atoms with E-state index in [0.29, 0.717) is 0 Å². The van der Waals surface area contributed by atoms with Crippen molar-refractivity contribution in [2.24, 2.45) is 0 Å². The van der Waals surface area contributed by atoms with Crippen LogP contribution in [0.4, 0.5) is 0 Å². The van der Waals surface area contributed by atoms with Crippen LogP contribution in [0.15, 0.2) is 144 Å². The Labute approximate surface area is 311 Å². The Balaban J connectivity index is 0.000000171. The Hall–Kier alpha value is -4.61. The third kappa shape index (κ3) is 7.59. The van der Waals surface area contributed by atoms with E-state index in [-0.39, 0.29) is 20.1 Å². The predicted molar refractivity (Wildman–Crippen MR) is 208 cm³/mol. The normalized spacial score (nSPS) is 11.1. The minimum atomic E-state index is -1.83. The van der Waals surface area contributed by atoms with Gasteiger partial charge in [-0.25, -0.2) is 0 Å². The van der Waals surface area contributed by atoms with Crippen molar-refractivity contribution in [2.75, 3.05) is 0 Å². The molecule has 8 aromatic rings.